The van der Waals surface area contributed by atoms with Gasteiger partial charge < -0.3 is 10.1 Å². The molecule has 0 bridgehead atoms. The molecule has 0 aromatic heterocycles. The largest absolute Gasteiger partial charge is 0.497 e. The second-order valence-electron chi connectivity index (χ2n) is 6.95. The SMILES string of the molecule is COc1ccc2cc([C@H](CC3CC3)N3CCNCC3)ccc2c1.Cl.Cl. The topological polar surface area (TPSA) is 24.5 Å². The first kappa shape index (κ1) is 20.3. The van der Waals surface area contributed by atoms with Crippen molar-refractivity contribution in [1.82, 2.24) is 10.2 Å². The summed E-state index contributed by atoms with van der Waals surface area (Å²) < 4.78 is 5.34. The number of nitrogens with one attached hydrogen (secondary N) is 1. The van der Waals surface area contributed by atoms with Crippen molar-refractivity contribution in [2.24, 2.45) is 5.92 Å². The van der Waals surface area contributed by atoms with E-state index in [9.17, 15) is 0 Å². The van der Waals surface area contributed by atoms with Crippen LogP contribution in [0.25, 0.3) is 10.8 Å². The molecule has 2 fully saturated rings. The summed E-state index contributed by atoms with van der Waals surface area (Å²) >= 11 is 0. The van der Waals surface area contributed by atoms with Crippen molar-refractivity contribution in [2.45, 2.75) is 25.3 Å². The van der Waals surface area contributed by atoms with Gasteiger partial charge in [-0.2, -0.15) is 0 Å². The van der Waals surface area contributed by atoms with Crippen molar-refractivity contribution in [3.63, 3.8) is 0 Å². The van der Waals surface area contributed by atoms with Crippen LogP contribution in [-0.4, -0.2) is 38.2 Å². The highest BCUT2D eigenvalue weighted by molar-refractivity contribution is 5.86. The minimum absolute atomic E-state index is 0. The van der Waals surface area contributed by atoms with Gasteiger partial charge in [0.05, 0.1) is 7.11 Å². The van der Waals surface area contributed by atoms with Crippen LogP contribution in [0.5, 0.6) is 5.75 Å². The van der Waals surface area contributed by atoms with Crippen molar-refractivity contribution in [3.8, 4) is 5.75 Å². The minimum Gasteiger partial charge on any atom is -0.497 e. The predicted octanol–water partition coefficient (Wildman–Crippen LogP) is 4.44. The van der Waals surface area contributed by atoms with Crippen LogP contribution in [0.4, 0.5) is 0 Å². The molecule has 2 aliphatic rings. The van der Waals surface area contributed by atoms with E-state index in [4.69, 9.17) is 4.74 Å². The Morgan fingerprint density at radius 1 is 1.04 bits per heavy atom. The van der Waals surface area contributed by atoms with Gasteiger partial charge >= 0.3 is 0 Å². The van der Waals surface area contributed by atoms with Crippen molar-refractivity contribution >= 4 is 35.6 Å². The number of ether oxygens (including phenoxy) is 1. The van der Waals surface area contributed by atoms with Crippen LogP contribution >= 0.6 is 24.8 Å². The van der Waals surface area contributed by atoms with Gasteiger partial charge in [0.2, 0.25) is 0 Å². The smallest absolute Gasteiger partial charge is 0.119 e. The van der Waals surface area contributed by atoms with Gasteiger partial charge in [0, 0.05) is 32.2 Å². The van der Waals surface area contributed by atoms with Gasteiger partial charge in [-0.25, -0.2) is 0 Å². The average molecular weight is 383 g/mol. The lowest BCUT2D eigenvalue weighted by atomic mass is 9.96. The molecule has 1 aliphatic carbocycles. The van der Waals surface area contributed by atoms with Gasteiger partial charge in [0.25, 0.3) is 0 Å². The number of rotatable bonds is 5. The molecule has 1 saturated heterocycles. The van der Waals surface area contributed by atoms with Crippen molar-refractivity contribution in [2.75, 3.05) is 33.3 Å². The number of hydrogen-bond donors (Lipinski definition) is 1. The molecule has 1 atom stereocenters. The first-order valence-electron chi connectivity index (χ1n) is 8.86. The first-order valence-corrected chi connectivity index (χ1v) is 8.86. The molecule has 0 amide bonds. The van der Waals surface area contributed by atoms with Gasteiger partial charge in [-0.1, -0.05) is 31.0 Å². The number of piperazine rings is 1. The fourth-order valence-electron chi connectivity index (χ4n) is 3.74. The third-order valence-corrected chi connectivity index (χ3v) is 5.30. The van der Waals surface area contributed by atoms with Crippen LogP contribution in [0.15, 0.2) is 36.4 Å². The Morgan fingerprint density at radius 3 is 2.40 bits per heavy atom. The fraction of sp³-hybridized carbons (Fsp3) is 0.500. The summed E-state index contributed by atoms with van der Waals surface area (Å²) in [5.74, 6) is 1.88. The standard InChI is InChI=1S/C20H26N2O.2ClH/c1-23-19-7-6-16-13-18(5-4-17(16)14-19)20(12-15-2-3-15)22-10-8-21-9-11-22;;/h4-7,13-15,20-21H,2-3,8-12H2,1H3;2*1H/t20-;;/m0../s1. The highest BCUT2D eigenvalue weighted by Crippen LogP contribution is 2.40. The summed E-state index contributed by atoms with van der Waals surface area (Å²) in [7, 11) is 1.73. The molecule has 3 nitrogen and oxygen atoms in total. The van der Waals surface area contributed by atoms with Crippen LogP contribution in [0.3, 0.4) is 0 Å². The Labute approximate surface area is 162 Å². The summed E-state index contributed by atoms with van der Waals surface area (Å²) in [5, 5.41) is 6.06. The Morgan fingerprint density at radius 2 is 1.72 bits per heavy atom. The molecule has 2 aromatic carbocycles. The lowest BCUT2D eigenvalue weighted by Crippen LogP contribution is -2.45. The van der Waals surface area contributed by atoms with Crippen LogP contribution < -0.4 is 10.1 Å². The molecule has 138 valence electrons. The van der Waals surface area contributed by atoms with Gasteiger partial charge in [-0.3, -0.25) is 4.90 Å². The maximum Gasteiger partial charge on any atom is 0.119 e. The first-order chi connectivity index (χ1) is 11.3. The number of methoxy groups -OCH3 is 1. The van der Waals surface area contributed by atoms with E-state index in [1.807, 2.05) is 0 Å². The molecule has 4 rings (SSSR count). The van der Waals surface area contributed by atoms with Crippen molar-refractivity contribution < 1.29 is 4.74 Å². The van der Waals surface area contributed by atoms with E-state index in [1.54, 1.807) is 7.11 Å². The molecule has 5 heteroatoms. The highest BCUT2D eigenvalue weighted by atomic mass is 35.5. The number of hydrogen-bond acceptors (Lipinski definition) is 3. The van der Waals surface area contributed by atoms with Crippen molar-refractivity contribution in [1.29, 1.82) is 0 Å². The summed E-state index contributed by atoms with van der Waals surface area (Å²) in [4.78, 5) is 2.68. The van der Waals surface area contributed by atoms with E-state index in [-0.39, 0.29) is 24.8 Å². The molecule has 1 heterocycles. The van der Waals surface area contributed by atoms with E-state index >= 15 is 0 Å². The molecule has 1 N–H and O–H groups in total. The fourth-order valence-corrected chi connectivity index (χ4v) is 3.74. The quantitative estimate of drug-likeness (QED) is 0.826. The molecule has 1 aliphatic heterocycles. The van der Waals surface area contributed by atoms with E-state index in [0.717, 1.165) is 37.8 Å². The Balaban J connectivity index is 0.00000113. The predicted molar refractivity (Wildman–Crippen MR) is 110 cm³/mol. The van der Waals surface area contributed by atoms with Gasteiger partial charge in [0.15, 0.2) is 0 Å². The number of benzene rings is 2. The number of nitrogens with zero attached hydrogens (tertiary/aromatic N) is 1. The minimum atomic E-state index is 0. The maximum atomic E-state index is 5.34. The third-order valence-electron chi connectivity index (χ3n) is 5.30. The second-order valence-corrected chi connectivity index (χ2v) is 6.95. The van der Waals surface area contributed by atoms with E-state index in [1.165, 1.54) is 35.6 Å². The van der Waals surface area contributed by atoms with Gasteiger partial charge in [0.1, 0.15) is 5.75 Å². The molecule has 25 heavy (non-hydrogen) atoms. The Hall–Kier alpha value is -1.000. The Bertz CT molecular complexity index is 684. The lowest BCUT2D eigenvalue weighted by Gasteiger charge is -2.35. The third kappa shape index (κ3) is 4.79. The molecule has 0 spiro atoms. The molecule has 0 unspecified atom stereocenters. The van der Waals surface area contributed by atoms with Crippen LogP contribution in [-0.2, 0) is 0 Å². The van der Waals surface area contributed by atoms with Crippen LogP contribution in [0.1, 0.15) is 30.9 Å². The normalized spacial score (nSPS) is 18.9. The number of halogens is 2. The van der Waals surface area contributed by atoms with Crippen molar-refractivity contribution in [3.05, 3.63) is 42.0 Å². The zero-order valence-corrected chi connectivity index (χ0v) is 16.4. The van der Waals surface area contributed by atoms with E-state index < -0.39 is 0 Å². The molecular weight excluding hydrogens is 355 g/mol. The summed E-state index contributed by atoms with van der Waals surface area (Å²) in [6.45, 7) is 4.56. The lowest BCUT2D eigenvalue weighted by molar-refractivity contribution is 0.160. The highest BCUT2D eigenvalue weighted by Gasteiger charge is 2.30. The van der Waals surface area contributed by atoms with Gasteiger partial charge in [-0.05, 0) is 46.9 Å². The Kier molecular flexibility index (Phi) is 7.38. The molecule has 2 aromatic rings. The van der Waals surface area contributed by atoms with Crippen LogP contribution in [0, 0.1) is 5.92 Å². The van der Waals surface area contributed by atoms with Crippen LogP contribution in [0.2, 0.25) is 0 Å². The maximum absolute atomic E-state index is 5.34. The average Bonchev–Trinajstić information content (AvgIpc) is 3.44. The van der Waals surface area contributed by atoms with Gasteiger partial charge in [-0.15, -0.1) is 24.8 Å². The summed E-state index contributed by atoms with van der Waals surface area (Å²) in [5.41, 5.74) is 1.48. The zero-order valence-electron chi connectivity index (χ0n) is 14.7. The molecule has 1 saturated carbocycles. The zero-order chi connectivity index (χ0) is 15.6. The number of fused-ring (bicyclic) bond motifs is 1. The second kappa shape index (κ2) is 9.09. The summed E-state index contributed by atoms with van der Waals surface area (Å²) in [6.07, 6.45) is 4.17. The monoisotopic (exact) mass is 382 g/mol. The summed E-state index contributed by atoms with van der Waals surface area (Å²) in [6, 6.07) is 13.9. The van der Waals surface area contributed by atoms with E-state index in [2.05, 4.69) is 46.6 Å². The molecular formula is C20H28Cl2N2O. The molecule has 0 radical (unpaired) electrons. The van der Waals surface area contributed by atoms with E-state index in [0.29, 0.717) is 6.04 Å².